The molecule has 0 aromatic heterocycles. The van der Waals surface area contributed by atoms with Crippen LogP contribution in [0.4, 0.5) is 0 Å². The molecular formula is C14H15NO2S. The zero-order valence-electron chi connectivity index (χ0n) is 10.1. The third-order valence-corrected chi connectivity index (χ3v) is 4.24. The molecule has 0 N–H and O–H groups in total. The van der Waals surface area contributed by atoms with Crippen LogP contribution in [-0.4, -0.2) is 22.8 Å². The van der Waals surface area contributed by atoms with Crippen molar-refractivity contribution in [2.24, 2.45) is 0 Å². The van der Waals surface area contributed by atoms with Gasteiger partial charge >= 0.3 is 0 Å². The van der Waals surface area contributed by atoms with Crippen molar-refractivity contribution in [1.29, 1.82) is 0 Å². The number of hydrogen-bond acceptors (Lipinski definition) is 3. The van der Waals surface area contributed by atoms with E-state index in [1.165, 1.54) is 11.3 Å². The van der Waals surface area contributed by atoms with E-state index >= 15 is 0 Å². The molecule has 0 saturated heterocycles. The number of nitrogens with zero attached hydrogens (tertiary/aromatic N) is 1. The zero-order chi connectivity index (χ0) is 12.7. The van der Waals surface area contributed by atoms with Crippen molar-refractivity contribution in [3.8, 4) is 0 Å². The summed E-state index contributed by atoms with van der Waals surface area (Å²) in [4.78, 5) is 26.8. The van der Waals surface area contributed by atoms with Crippen molar-refractivity contribution in [1.82, 2.24) is 4.90 Å². The van der Waals surface area contributed by atoms with E-state index in [1.807, 2.05) is 0 Å². The Balaban J connectivity index is 1.99. The van der Waals surface area contributed by atoms with E-state index < -0.39 is 0 Å². The Morgan fingerprint density at radius 2 is 1.78 bits per heavy atom. The van der Waals surface area contributed by atoms with Gasteiger partial charge in [-0.15, -0.1) is 12.6 Å². The normalized spacial score (nSPS) is 20.4. The summed E-state index contributed by atoms with van der Waals surface area (Å²) >= 11 is 4.29. The Morgan fingerprint density at radius 1 is 1.06 bits per heavy atom. The van der Waals surface area contributed by atoms with Gasteiger partial charge in [-0.05, 0) is 25.0 Å². The smallest absolute Gasteiger partial charge is 0.262 e. The zero-order valence-corrected chi connectivity index (χ0v) is 11.0. The van der Waals surface area contributed by atoms with Gasteiger partial charge in [-0.1, -0.05) is 25.3 Å². The minimum atomic E-state index is -0.160. The van der Waals surface area contributed by atoms with E-state index in [0.29, 0.717) is 16.0 Å². The predicted molar refractivity (Wildman–Crippen MR) is 71.1 cm³/mol. The Bertz CT molecular complexity index is 521. The fourth-order valence-electron chi connectivity index (χ4n) is 2.96. The van der Waals surface area contributed by atoms with E-state index in [1.54, 1.807) is 18.2 Å². The molecule has 1 aliphatic carbocycles. The maximum Gasteiger partial charge on any atom is 0.262 e. The molecule has 1 heterocycles. The quantitative estimate of drug-likeness (QED) is 0.623. The van der Waals surface area contributed by atoms with Crippen LogP contribution in [0.2, 0.25) is 0 Å². The van der Waals surface area contributed by atoms with Gasteiger partial charge < -0.3 is 0 Å². The lowest BCUT2D eigenvalue weighted by molar-refractivity contribution is 0.0548. The monoisotopic (exact) mass is 261 g/mol. The Labute approximate surface area is 112 Å². The standard InChI is InChI=1S/C14H15NO2S/c16-13-10-7-4-8-11(18)12(10)14(17)15(13)9-5-2-1-3-6-9/h4,7-9,18H,1-3,5-6H2. The van der Waals surface area contributed by atoms with Gasteiger partial charge in [0.1, 0.15) is 0 Å². The highest BCUT2D eigenvalue weighted by Crippen LogP contribution is 2.33. The van der Waals surface area contributed by atoms with Crippen LogP contribution in [0.5, 0.6) is 0 Å². The number of imide groups is 1. The summed E-state index contributed by atoms with van der Waals surface area (Å²) in [7, 11) is 0. The fourth-order valence-corrected chi connectivity index (χ4v) is 3.26. The van der Waals surface area contributed by atoms with E-state index in [4.69, 9.17) is 0 Å². The number of fused-ring (bicyclic) bond motifs is 1. The van der Waals surface area contributed by atoms with Gasteiger partial charge in [0.25, 0.3) is 11.8 Å². The molecule has 0 spiro atoms. The highest BCUT2D eigenvalue weighted by molar-refractivity contribution is 7.80. The van der Waals surface area contributed by atoms with Crippen LogP contribution in [-0.2, 0) is 0 Å². The summed E-state index contributed by atoms with van der Waals surface area (Å²) in [6.07, 6.45) is 5.29. The van der Waals surface area contributed by atoms with Crippen molar-refractivity contribution in [3.05, 3.63) is 29.3 Å². The molecule has 0 unspecified atom stereocenters. The summed E-state index contributed by atoms with van der Waals surface area (Å²) in [5, 5.41) is 0. The molecule has 1 aromatic rings. The van der Waals surface area contributed by atoms with Crippen molar-refractivity contribution >= 4 is 24.4 Å². The lowest BCUT2D eigenvalue weighted by atomic mass is 9.94. The van der Waals surface area contributed by atoms with Gasteiger partial charge in [0, 0.05) is 10.9 Å². The second-order valence-corrected chi connectivity index (χ2v) is 5.45. The summed E-state index contributed by atoms with van der Waals surface area (Å²) in [5.41, 5.74) is 0.995. The number of carbonyl (C=O) groups excluding carboxylic acids is 2. The second-order valence-electron chi connectivity index (χ2n) is 4.97. The number of amides is 2. The third-order valence-electron chi connectivity index (χ3n) is 3.86. The van der Waals surface area contributed by atoms with E-state index in [-0.39, 0.29) is 17.9 Å². The predicted octanol–water partition coefficient (Wildman–Crippen LogP) is 2.90. The Kier molecular flexibility index (Phi) is 2.90. The number of benzene rings is 1. The maximum atomic E-state index is 12.4. The summed E-state index contributed by atoms with van der Waals surface area (Å²) < 4.78 is 0. The summed E-state index contributed by atoms with van der Waals surface area (Å²) in [5.74, 6) is -0.301. The van der Waals surface area contributed by atoms with Gasteiger partial charge in [0.15, 0.2) is 0 Å². The highest BCUT2D eigenvalue weighted by atomic mass is 32.1. The largest absolute Gasteiger partial charge is 0.271 e. The first-order valence-corrected chi connectivity index (χ1v) is 6.84. The average Bonchev–Trinajstić information content (AvgIpc) is 2.64. The molecule has 3 rings (SSSR count). The first-order valence-electron chi connectivity index (χ1n) is 6.40. The van der Waals surface area contributed by atoms with Gasteiger partial charge in [-0.25, -0.2) is 0 Å². The van der Waals surface area contributed by atoms with Crippen LogP contribution in [0, 0.1) is 0 Å². The van der Waals surface area contributed by atoms with Crippen molar-refractivity contribution < 1.29 is 9.59 Å². The van der Waals surface area contributed by atoms with Gasteiger partial charge in [0.2, 0.25) is 0 Å². The van der Waals surface area contributed by atoms with Gasteiger partial charge in [-0.3, -0.25) is 14.5 Å². The molecule has 0 bridgehead atoms. The molecule has 1 saturated carbocycles. The molecule has 2 amide bonds. The SMILES string of the molecule is O=C1c2cccc(S)c2C(=O)N1C1CCCCC1. The third kappa shape index (κ3) is 1.67. The van der Waals surface area contributed by atoms with E-state index in [9.17, 15) is 9.59 Å². The molecule has 94 valence electrons. The topological polar surface area (TPSA) is 37.4 Å². The Morgan fingerprint density at radius 3 is 2.44 bits per heavy atom. The van der Waals surface area contributed by atoms with Crippen LogP contribution >= 0.6 is 12.6 Å². The minimum absolute atomic E-state index is 0.0823. The average molecular weight is 261 g/mol. The molecule has 0 radical (unpaired) electrons. The van der Waals surface area contributed by atoms with Crippen molar-refractivity contribution in [2.75, 3.05) is 0 Å². The summed E-state index contributed by atoms with van der Waals surface area (Å²) in [6.45, 7) is 0. The molecule has 4 heteroatoms. The fraction of sp³-hybridized carbons (Fsp3) is 0.429. The minimum Gasteiger partial charge on any atom is -0.271 e. The molecule has 1 aliphatic heterocycles. The second kappa shape index (κ2) is 4.43. The van der Waals surface area contributed by atoms with Gasteiger partial charge in [-0.2, -0.15) is 0 Å². The van der Waals surface area contributed by atoms with Crippen LogP contribution in [0.3, 0.4) is 0 Å². The number of thiol groups is 1. The Hall–Kier alpha value is -1.29. The first kappa shape index (κ1) is 11.8. The molecule has 18 heavy (non-hydrogen) atoms. The number of carbonyl (C=O) groups is 2. The molecule has 0 atom stereocenters. The first-order chi connectivity index (χ1) is 8.70. The van der Waals surface area contributed by atoms with Crippen LogP contribution < -0.4 is 0 Å². The lowest BCUT2D eigenvalue weighted by Crippen LogP contribution is -2.40. The molecule has 2 aliphatic rings. The molecule has 1 aromatic carbocycles. The van der Waals surface area contributed by atoms with E-state index in [0.717, 1.165) is 25.7 Å². The van der Waals surface area contributed by atoms with Crippen molar-refractivity contribution in [2.45, 2.75) is 43.0 Å². The van der Waals surface area contributed by atoms with E-state index in [2.05, 4.69) is 12.6 Å². The number of rotatable bonds is 1. The molecular weight excluding hydrogens is 246 g/mol. The lowest BCUT2D eigenvalue weighted by Gasteiger charge is -2.29. The number of hydrogen-bond donors (Lipinski definition) is 1. The van der Waals surface area contributed by atoms with Gasteiger partial charge in [0.05, 0.1) is 11.1 Å². The summed E-state index contributed by atoms with van der Waals surface area (Å²) in [6, 6.07) is 5.34. The van der Waals surface area contributed by atoms with Crippen molar-refractivity contribution in [3.63, 3.8) is 0 Å². The highest BCUT2D eigenvalue weighted by Gasteiger charge is 2.40. The maximum absolute atomic E-state index is 12.4. The van der Waals surface area contributed by atoms with Crippen LogP contribution in [0.15, 0.2) is 23.1 Å². The van der Waals surface area contributed by atoms with Crippen LogP contribution in [0.1, 0.15) is 52.8 Å². The molecule has 1 fully saturated rings. The van der Waals surface area contributed by atoms with Crippen LogP contribution in [0.25, 0.3) is 0 Å². The molecule has 3 nitrogen and oxygen atoms in total.